The Balaban J connectivity index is 2.67. The summed E-state index contributed by atoms with van der Waals surface area (Å²) in [5.41, 5.74) is 0.880. The van der Waals surface area contributed by atoms with E-state index < -0.39 is 0 Å². The molecule has 1 N–H and O–H groups in total. The standard InChI is InChI=1S/C13H16ClNO2/c1-2-15(8-9-16)13(17)7-6-11-4-3-5-12(14)10-11/h3-7,10,16H,2,8-9H2,1H3/b7-6+. The number of hydrogen-bond acceptors (Lipinski definition) is 2. The molecule has 0 bridgehead atoms. The van der Waals surface area contributed by atoms with Crippen molar-refractivity contribution in [1.82, 2.24) is 4.90 Å². The number of aliphatic hydroxyl groups is 1. The molecule has 0 saturated carbocycles. The molecule has 0 spiro atoms. The van der Waals surface area contributed by atoms with E-state index in [-0.39, 0.29) is 12.5 Å². The molecular formula is C13H16ClNO2. The summed E-state index contributed by atoms with van der Waals surface area (Å²) in [7, 11) is 0. The van der Waals surface area contributed by atoms with Crippen molar-refractivity contribution in [2.45, 2.75) is 6.92 Å². The second-order valence-electron chi connectivity index (χ2n) is 3.53. The number of rotatable bonds is 5. The molecule has 0 radical (unpaired) electrons. The number of hydrogen-bond donors (Lipinski definition) is 1. The molecule has 0 heterocycles. The summed E-state index contributed by atoms with van der Waals surface area (Å²) in [6, 6.07) is 7.27. The van der Waals surface area contributed by atoms with Gasteiger partial charge in [0.1, 0.15) is 0 Å². The summed E-state index contributed by atoms with van der Waals surface area (Å²) in [4.78, 5) is 13.3. The average Bonchev–Trinajstić information content (AvgIpc) is 2.33. The number of likely N-dealkylation sites (N-methyl/N-ethyl adjacent to an activating group) is 1. The highest BCUT2D eigenvalue weighted by Crippen LogP contribution is 2.11. The largest absolute Gasteiger partial charge is 0.395 e. The van der Waals surface area contributed by atoms with E-state index in [0.29, 0.717) is 18.1 Å². The molecule has 0 atom stereocenters. The highest BCUT2D eigenvalue weighted by molar-refractivity contribution is 6.30. The molecule has 4 heteroatoms. The maximum Gasteiger partial charge on any atom is 0.246 e. The first-order chi connectivity index (χ1) is 8.17. The fraction of sp³-hybridized carbons (Fsp3) is 0.308. The van der Waals surface area contributed by atoms with E-state index in [9.17, 15) is 4.79 Å². The number of amides is 1. The van der Waals surface area contributed by atoms with E-state index in [0.717, 1.165) is 5.56 Å². The van der Waals surface area contributed by atoms with E-state index in [2.05, 4.69) is 0 Å². The Kier molecular flexibility index (Phi) is 5.73. The molecule has 92 valence electrons. The lowest BCUT2D eigenvalue weighted by molar-refractivity contribution is -0.126. The minimum absolute atomic E-state index is 0.0232. The number of carbonyl (C=O) groups is 1. The summed E-state index contributed by atoms with van der Waals surface area (Å²) in [5, 5.41) is 9.44. The average molecular weight is 254 g/mol. The molecule has 1 amide bonds. The first-order valence-corrected chi connectivity index (χ1v) is 5.88. The SMILES string of the molecule is CCN(CCO)C(=O)/C=C/c1cccc(Cl)c1. The fourth-order valence-corrected chi connectivity index (χ4v) is 1.63. The quantitative estimate of drug-likeness (QED) is 0.818. The predicted molar refractivity (Wildman–Crippen MR) is 69.8 cm³/mol. The van der Waals surface area contributed by atoms with E-state index in [1.54, 1.807) is 23.1 Å². The normalized spacial score (nSPS) is 10.8. The summed E-state index contributed by atoms with van der Waals surface area (Å²) < 4.78 is 0. The van der Waals surface area contributed by atoms with Crippen LogP contribution in [0.25, 0.3) is 6.08 Å². The third kappa shape index (κ3) is 4.59. The van der Waals surface area contributed by atoms with Crippen molar-refractivity contribution in [1.29, 1.82) is 0 Å². The van der Waals surface area contributed by atoms with Crippen LogP contribution in [0, 0.1) is 0 Å². The van der Waals surface area contributed by atoms with Gasteiger partial charge in [-0.3, -0.25) is 4.79 Å². The Bertz CT molecular complexity index is 404. The molecule has 1 rings (SSSR count). The van der Waals surface area contributed by atoms with Gasteiger partial charge in [0.05, 0.1) is 6.61 Å². The molecule has 0 aliphatic rings. The van der Waals surface area contributed by atoms with Crippen LogP contribution in [0.2, 0.25) is 5.02 Å². The van der Waals surface area contributed by atoms with Crippen LogP contribution in [0.5, 0.6) is 0 Å². The van der Waals surface area contributed by atoms with Gasteiger partial charge in [0.25, 0.3) is 0 Å². The summed E-state index contributed by atoms with van der Waals surface area (Å²) in [5.74, 6) is -0.110. The molecule has 17 heavy (non-hydrogen) atoms. The Morgan fingerprint density at radius 3 is 2.88 bits per heavy atom. The third-order valence-corrected chi connectivity index (χ3v) is 2.57. The van der Waals surface area contributed by atoms with Gasteiger partial charge in [-0.1, -0.05) is 23.7 Å². The van der Waals surface area contributed by atoms with Crippen LogP contribution in [0.15, 0.2) is 30.3 Å². The summed E-state index contributed by atoms with van der Waals surface area (Å²) in [6.45, 7) is 2.79. The van der Waals surface area contributed by atoms with Crippen LogP contribution in [0.3, 0.4) is 0 Å². The van der Waals surface area contributed by atoms with Gasteiger partial charge in [-0.05, 0) is 30.7 Å². The van der Waals surface area contributed by atoms with Crippen LogP contribution >= 0.6 is 11.6 Å². The number of nitrogens with zero attached hydrogens (tertiary/aromatic N) is 1. The van der Waals surface area contributed by atoms with Crippen molar-refractivity contribution >= 4 is 23.6 Å². The van der Waals surface area contributed by atoms with Crippen molar-refractivity contribution < 1.29 is 9.90 Å². The van der Waals surface area contributed by atoms with Gasteiger partial charge in [-0.2, -0.15) is 0 Å². The van der Waals surface area contributed by atoms with Gasteiger partial charge < -0.3 is 10.0 Å². The van der Waals surface area contributed by atoms with Crippen LogP contribution in [-0.2, 0) is 4.79 Å². The summed E-state index contributed by atoms with van der Waals surface area (Å²) in [6.07, 6.45) is 3.21. The third-order valence-electron chi connectivity index (χ3n) is 2.33. The van der Waals surface area contributed by atoms with Crippen molar-refractivity contribution in [2.24, 2.45) is 0 Å². The lowest BCUT2D eigenvalue weighted by atomic mass is 10.2. The Hall–Kier alpha value is -1.32. The molecule has 0 aliphatic carbocycles. The highest BCUT2D eigenvalue weighted by atomic mass is 35.5. The molecule has 0 fully saturated rings. The molecular weight excluding hydrogens is 238 g/mol. The molecule has 0 aromatic heterocycles. The first kappa shape index (κ1) is 13.7. The second kappa shape index (κ2) is 7.09. The van der Waals surface area contributed by atoms with Crippen molar-refractivity contribution in [3.8, 4) is 0 Å². The smallest absolute Gasteiger partial charge is 0.246 e. The highest BCUT2D eigenvalue weighted by Gasteiger charge is 2.06. The van der Waals surface area contributed by atoms with Crippen LogP contribution in [0.1, 0.15) is 12.5 Å². The first-order valence-electron chi connectivity index (χ1n) is 5.50. The minimum atomic E-state index is -0.110. The number of benzene rings is 1. The van der Waals surface area contributed by atoms with E-state index in [1.165, 1.54) is 6.08 Å². The Labute approximate surface area is 106 Å². The second-order valence-corrected chi connectivity index (χ2v) is 3.97. The van der Waals surface area contributed by atoms with Gasteiger partial charge >= 0.3 is 0 Å². The van der Waals surface area contributed by atoms with E-state index in [1.807, 2.05) is 19.1 Å². The molecule has 3 nitrogen and oxygen atoms in total. The van der Waals surface area contributed by atoms with E-state index >= 15 is 0 Å². The molecule has 1 aromatic rings. The zero-order valence-corrected chi connectivity index (χ0v) is 10.5. The van der Waals surface area contributed by atoms with Gasteiger partial charge in [0, 0.05) is 24.2 Å². The number of aliphatic hydroxyl groups excluding tert-OH is 1. The predicted octanol–water partition coefficient (Wildman–Crippen LogP) is 2.19. The maximum absolute atomic E-state index is 11.7. The van der Waals surface area contributed by atoms with Crippen LogP contribution in [0.4, 0.5) is 0 Å². The van der Waals surface area contributed by atoms with Crippen molar-refractivity contribution in [2.75, 3.05) is 19.7 Å². The lowest BCUT2D eigenvalue weighted by Gasteiger charge is -2.17. The molecule has 0 aliphatic heterocycles. The van der Waals surface area contributed by atoms with Crippen LogP contribution in [-0.4, -0.2) is 35.6 Å². The number of halogens is 1. The van der Waals surface area contributed by atoms with E-state index in [4.69, 9.17) is 16.7 Å². The Morgan fingerprint density at radius 1 is 1.53 bits per heavy atom. The zero-order valence-electron chi connectivity index (χ0n) is 9.77. The molecule has 0 saturated heterocycles. The maximum atomic E-state index is 11.7. The fourth-order valence-electron chi connectivity index (χ4n) is 1.43. The van der Waals surface area contributed by atoms with Gasteiger partial charge in [0.2, 0.25) is 5.91 Å². The van der Waals surface area contributed by atoms with Crippen molar-refractivity contribution in [3.63, 3.8) is 0 Å². The lowest BCUT2D eigenvalue weighted by Crippen LogP contribution is -2.31. The molecule has 1 aromatic carbocycles. The van der Waals surface area contributed by atoms with Crippen LogP contribution < -0.4 is 0 Å². The molecule has 0 unspecified atom stereocenters. The van der Waals surface area contributed by atoms with Gasteiger partial charge in [-0.25, -0.2) is 0 Å². The summed E-state index contributed by atoms with van der Waals surface area (Å²) >= 11 is 5.84. The minimum Gasteiger partial charge on any atom is -0.395 e. The Morgan fingerprint density at radius 2 is 2.29 bits per heavy atom. The monoisotopic (exact) mass is 253 g/mol. The van der Waals surface area contributed by atoms with Gasteiger partial charge in [-0.15, -0.1) is 0 Å². The van der Waals surface area contributed by atoms with Crippen molar-refractivity contribution in [3.05, 3.63) is 40.9 Å². The zero-order chi connectivity index (χ0) is 12.7. The topological polar surface area (TPSA) is 40.5 Å². The van der Waals surface area contributed by atoms with Gasteiger partial charge in [0.15, 0.2) is 0 Å². The number of carbonyl (C=O) groups excluding carboxylic acids is 1.